The van der Waals surface area contributed by atoms with E-state index in [0.29, 0.717) is 13.0 Å². The third kappa shape index (κ3) is 6.60. The topological polar surface area (TPSA) is 78.6 Å². The minimum absolute atomic E-state index is 0.123. The molecular formula is C16H27N3O2. The molecule has 4 N–H and O–H groups in total. The van der Waals surface area contributed by atoms with Crippen LogP contribution in [0.15, 0.2) is 24.3 Å². The predicted octanol–water partition coefficient (Wildman–Crippen LogP) is 1.11. The van der Waals surface area contributed by atoms with Crippen LogP contribution in [0, 0.1) is 0 Å². The smallest absolute Gasteiger partial charge is 0.237 e. The highest BCUT2D eigenvalue weighted by Crippen LogP contribution is 2.10. The van der Waals surface area contributed by atoms with Gasteiger partial charge in [-0.3, -0.25) is 4.79 Å². The first-order valence-electron chi connectivity index (χ1n) is 7.60. The van der Waals surface area contributed by atoms with Crippen molar-refractivity contribution in [1.82, 2.24) is 10.2 Å². The van der Waals surface area contributed by atoms with Crippen LogP contribution in [0.5, 0.6) is 5.75 Å². The quantitative estimate of drug-likeness (QED) is 0.596. The van der Waals surface area contributed by atoms with Crippen molar-refractivity contribution in [1.29, 1.82) is 0 Å². The number of phenols is 1. The second-order valence-corrected chi connectivity index (χ2v) is 5.15. The summed E-state index contributed by atoms with van der Waals surface area (Å²) in [5.74, 6) is 0.0933. The van der Waals surface area contributed by atoms with Gasteiger partial charge in [-0.05, 0) is 50.2 Å². The number of carbonyl (C=O) groups is 1. The number of benzene rings is 1. The average molecular weight is 293 g/mol. The lowest BCUT2D eigenvalue weighted by Gasteiger charge is -2.18. The van der Waals surface area contributed by atoms with E-state index in [0.717, 1.165) is 31.6 Å². The molecule has 21 heavy (non-hydrogen) atoms. The Hall–Kier alpha value is -1.59. The maximum atomic E-state index is 11.9. The molecule has 118 valence electrons. The van der Waals surface area contributed by atoms with Crippen LogP contribution in [-0.4, -0.2) is 48.1 Å². The van der Waals surface area contributed by atoms with Crippen LogP contribution in [0.2, 0.25) is 0 Å². The van der Waals surface area contributed by atoms with Crippen LogP contribution in [0.25, 0.3) is 0 Å². The van der Waals surface area contributed by atoms with Gasteiger partial charge in [-0.25, -0.2) is 0 Å². The Balaban J connectivity index is 2.26. The van der Waals surface area contributed by atoms with Gasteiger partial charge in [0, 0.05) is 6.54 Å². The molecule has 0 saturated carbocycles. The van der Waals surface area contributed by atoms with Gasteiger partial charge in [0.1, 0.15) is 5.75 Å². The zero-order chi connectivity index (χ0) is 15.7. The lowest BCUT2D eigenvalue weighted by molar-refractivity contribution is -0.122. The minimum Gasteiger partial charge on any atom is -0.508 e. The first kappa shape index (κ1) is 17.5. The Morgan fingerprint density at radius 2 is 1.90 bits per heavy atom. The SMILES string of the molecule is CCN(CC)CCCNC(=O)[C@H](N)Cc1ccc(O)cc1. The number of nitrogens with one attached hydrogen (secondary N) is 1. The van der Waals surface area contributed by atoms with Crippen LogP contribution in [0.3, 0.4) is 0 Å². The summed E-state index contributed by atoms with van der Waals surface area (Å²) in [5.41, 5.74) is 6.84. The van der Waals surface area contributed by atoms with Gasteiger partial charge in [0.05, 0.1) is 6.04 Å². The molecule has 1 aromatic rings. The highest BCUT2D eigenvalue weighted by molar-refractivity contribution is 5.81. The van der Waals surface area contributed by atoms with E-state index in [-0.39, 0.29) is 11.7 Å². The van der Waals surface area contributed by atoms with Crippen LogP contribution in [0.1, 0.15) is 25.8 Å². The zero-order valence-corrected chi connectivity index (χ0v) is 13.0. The van der Waals surface area contributed by atoms with E-state index in [1.54, 1.807) is 24.3 Å². The van der Waals surface area contributed by atoms with Gasteiger partial charge < -0.3 is 21.1 Å². The van der Waals surface area contributed by atoms with Gasteiger partial charge in [0.15, 0.2) is 0 Å². The molecule has 0 unspecified atom stereocenters. The summed E-state index contributed by atoms with van der Waals surface area (Å²) in [6, 6.07) is 6.21. The summed E-state index contributed by atoms with van der Waals surface area (Å²) in [5, 5.41) is 12.1. The van der Waals surface area contributed by atoms with Crippen molar-refractivity contribution >= 4 is 5.91 Å². The average Bonchev–Trinajstić information content (AvgIpc) is 2.49. The van der Waals surface area contributed by atoms with E-state index in [9.17, 15) is 9.90 Å². The molecule has 0 aliphatic carbocycles. The Morgan fingerprint density at radius 3 is 2.48 bits per heavy atom. The number of amides is 1. The Labute approximate surface area is 127 Å². The Kier molecular flexibility index (Phi) is 7.79. The first-order chi connectivity index (χ1) is 10.1. The zero-order valence-electron chi connectivity index (χ0n) is 13.0. The van der Waals surface area contributed by atoms with Gasteiger partial charge in [-0.2, -0.15) is 0 Å². The molecule has 5 nitrogen and oxygen atoms in total. The minimum atomic E-state index is -0.553. The standard InChI is InChI=1S/C16H27N3O2/c1-3-19(4-2)11-5-10-18-16(21)15(17)12-13-6-8-14(20)9-7-13/h6-9,15,20H,3-5,10-12,17H2,1-2H3,(H,18,21)/t15-/m1/s1. The summed E-state index contributed by atoms with van der Waals surface area (Å²) in [6.07, 6.45) is 1.40. The normalized spacial score (nSPS) is 12.4. The highest BCUT2D eigenvalue weighted by atomic mass is 16.3. The number of nitrogens with zero attached hydrogens (tertiary/aromatic N) is 1. The molecule has 0 spiro atoms. The molecule has 0 aromatic heterocycles. The van der Waals surface area contributed by atoms with Crippen molar-refractivity contribution in [3.63, 3.8) is 0 Å². The van der Waals surface area contributed by atoms with Crippen molar-refractivity contribution in [2.45, 2.75) is 32.7 Å². The van der Waals surface area contributed by atoms with Gasteiger partial charge in [-0.15, -0.1) is 0 Å². The summed E-state index contributed by atoms with van der Waals surface area (Å²) in [7, 11) is 0. The molecule has 0 radical (unpaired) electrons. The Bertz CT molecular complexity index is 416. The number of rotatable bonds is 9. The molecule has 1 amide bonds. The summed E-state index contributed by atoms with van der Waals surface area (Å²) in [4.78, 5) is 14.2. The second kappa shape index (κ2) is 9.37. The summed E-state index contributed by atoms with van der Waals surface area (Å²) in [6.45, 7) is 7.97. The van der Waals surface area contributed by atoms with Gasteiger partial charge >= 0.3 is 0 Å². The lowest BCUT2D eigenvalue weighted by Crippen LogP contribution is -2.42. The molecule has 0 aliphatic heterocycles. The molecule has 1 aromatic carbocycles. The maximum Gasteiger partial charge on any atom is 0.237 e. The summed E-state index contributed by atoms with van der Waals surface area (Å²) < 4.78 is 0. The third-order valence-electron chi connectivity index (χ3n) is 3.57. The second-order valence-electron chi connectivity index (χ2n) is 5.15. The molecule has 0 heterocycles. The van der Waals surface area contributed by atoms with Crippen molar-refractivity contribution < 1.29 is 9.90 Å². The number of hydrogen-bond donors (Lipinski definition) is 3. The molecule has 0 aliphatic rings. The van der Waals surface area contributed by atoms with E-state index in [1.807, 2.05) is 0 Å². The fourth-order valence-electron chi connectivity index (χ4n) is 2.16. The van der Waals surface area contributed by atoms with Gasteiger partial charge in [0.2, 0.25) is 5.91 Å². The largest absolute Gasteiger partial charge is 0.508 e. The first-order valence-corrected chi connectivity index (χ1v) is 7.60. The predicted molar refractivity (Wildman–Crippen MR) is 85.2 cm³/mol. The number of aromatic hydroxyl groups is 1. The summed E-state index contributed by atoms with van der Waals surface area (Å²) >= 11 is 0. The van der Waals surface area contributed by atoms with Crippen LogP contribution in [-0.2, 0) is 11.2 Å². The highest BCUT2D eigenvalue weighted by Gasteiger charge is 2.13. The fraction of sp³-hybridized carbons (Fsp3) is 0.562. The van der Waals surface area contributed by atoms with E-state index in [1.165, 1.54) is 0 Å². The lowest BCUT2D eigenvalue weighted by atomic mass is 10.1. The van der Waals surface area contributed by atoms with Crippen molar-refractivity contribution in [2.24, 2.45) is 5.73 Å². The molecule has 5 heteroatoms. The van der Waals surface area contributed by atoms with Crippen LogP contribution >= 0.6 is 0 Å². The van der Waals surface area contributed by atoms with Crippen LogP contribution < -0.4 is 11.1 Å². The fourth-order valence-corrected chi connectivity index (χ4v) is 2.16. The molecule has 1 atom stereocenters. The monoisotopic (exact) mass is 293 g/mol. The molecule has 0 saturated heterocycles. The van der Waals surface area contributed by atoms with Gasteiger partial charge in [-0.1, -0.05) is 26.0 Å². The number of phenolic OH excluding ortho intramolecular Hbond substituents is 1. The molecular weight excluding hydrogens is 266 g/mol. The van der Waals surface area contributed by atoms with E-state index in [2.05, 4.69) is 24.1 Å². The molecule has 0 bridgehead atoms. The van der Waals surface area contributed by atoms with Crippen molar-refractivity contribution in [2.75, 3.05) is 26.2 Å². The van der Waals surface area contributed by atoms with Crippen molar-refractivity contribution in [3.8, 4) is 5.75 Å². The third-order valence-corrected chi connectivity index (χ3v) is 3.57. The van der Waals surface area contributed by atoms with Crippen LogP contribution in [0.4, 0.5) is 0 Å². The van der Waals surface area contributed by atoms with E-state index >= 15 is 0 Å². The molecule has 1 rings (SSSR count). The van der Waals surface area contributed by atoms with E-state index < -0.39 is 6.04 Å². The molecule has 0 fully saturated rings. The number of nitrogens with two attached hydrogens (primary N) is 1. The Morgan fingerprint density at radius 1 is 1.29 bits per heavy atom. The maximum absolute atomic E-state index is 11.9. The number of carbonyl (C=O) groups excluding carboxylic acids is 1. The van der Waals surface area contributed by atoms with Crippen molar-refractivity contribution in [3.05, 3.63) is 29.8 Å². The van der Waals surface area contributed by atoms with Gasteiger partial charge in [0.25, 0.3) is 0 Å². The number of hydrogen-bond acceptors (Lipinski definition) is 4. The van der Waals surface area contributed by atoms with E-state index in [4.69, 9.17) is 5.73 Å².